The quantitative estimate of drug-likeness (QED) is 0.492. The molecule has 0 fully saturated rings. The monoisotopic (exact) mass is 315 g/mol. The van der Waals surface area contributed by atoms with Gasteiger partial charge in [-0.05, 0) is 12.1 Å². The summed E-state index contributed by atoms with van der Waals surface area (Å²) in [7, 11) is 0. The molecule has 0 aliphatic carbocycles. The van der Waals surface area contributed by atoms with Gasteiger partial charge >= 0.3 is 0 Å². The first kappa shape index (κ1) is 14.6. The van der Waals surface area contributed by atoms with Gasteiger partial charge in [0, 0.05) is 0 Å². The molecule has 1 aromatic heterocycles. The van der Waals surface area contributed by atoms with Gasteiger partial charge in [-0.3, -0.25) is 10.2 Å². The van der Waals surface area contributed by atoms with Crippen LogP contribution in [0.25, 0.3) is 0 Å². The molecule has 0 aliphatic rings. The molecule has 0 saturated heterocycles. The van der Waals surface area contributed by atoms with E-state index in [1.54, 1.807) is 18.2 Å². The number of nitrogens with zero attached hydrogens (tertiary/aromatic N) is 3. The average Bonchev–Trinajstić information content (AvgIpc) is 2.91. The molecule has 3 N–H and O–H groups in total. The highest BCUT2D eigenvalue weighted by atomic mass is 35.5. The van der Waals surface area contributed by atoms with Crippen molar-refractivity contribution in [3.05, 3.63) is 40.1 Å². The second-order valence-electron chi connectivity index (χ2n) is 3.74. The van der Waals surface area contributed by atoms with Crippen molar-refractivity contribution < 1.29 is 9.53 Å². The van der Waals surface area contributed by atoms with E-state index in [-0.39, 0.29) is 5.69 Å². The first-order valence-electron chi connectivity index (χ1n) is 5.59. The number of hydrazine groups is 1. The number of carbonyl (C=O) groups excluding carboxylic acids is 1. The summed E-state index contributed by atoms with van der Waals surface area (Å²) in [6.45, 7) is 0.695. The molecule has 0 radical (unpaired) electrons. The summed E-state index contributed by atoms with van der Waals surface area (Å²) in [5.74, 6) is 4.97. The van der Waals surface area contributed by atoms with Crippen LogP contribution in [-0.4, -0.2) is 27.5 Å². The number of hydrogen-bond acceptors (Lipinski definition) is 5. The number of nitrogens with two attached hydrogens (primary N) is 1. The third-order valence-corrected chi connectivity index (χ3v) is 3.20. The van der Waals surface area contributed by atoms with Crippen molar-refractivity contribution in [3.63, 3.8) is 0 Å². The van der Waals surface area contributed by atoms with E-state index in [4.69, 9.17) is 33.8 Å². The maximum atomic E-state index is 11.2. The molecule has 2 rings (SSSR count). The molecule has 1 aromatic carbocycles. The van der Waals surface area contributed by atoms with Crippen molar-refractivity contribution in [2.24, 2.45) is 5.84 Å². The van der Waals surface area contributed by atoms with Gasteiger partial charge in [0.2, 0.25) is 0 Å². The fourth-order valence-corrected chi connectivity index (χ4v) is 1.78. The minimum Gasteiger partial charge on any atom is -0.490 e. The number of aromatic nitrogens is 3. The van der Waals surface area contributed by atoms with Crippen LogP contribution in [0.2, 0.25) is 10.0 Å². The molecule has 1 heterocycles. The van der Waals surface area contributed by atoms with E-state index < -0.39 is 5.91 Å². The lowest BCUT2D eigenvalue weighted by atomic mass is 10.3. The van der Waals surface area contributed by atoms with Crippen molar-refractivity contribution in [2.75, 3.05) is 6.61 Å². The summed E-state index contributed by atoms with van der Waals surface area (Å²) in [5, 5.41) is 8.21. The molecule has 9 heteroatoms. The average molecular weight is 316 g/mol. The SMILES string of the molecule is NNC(=O)c1cn(CCOc2cccc(Cl)c2Cl)nn1. The van der Waals surface area contributed by atoms with Crippen LogP contribution in [0.4, 0.5) is 0 Å². The number of benzene rings is 1. The maximum absolute atomic E-state index is 11.2. The second-order valence-corrected chi connectivity index (χ2v) is 4.53. The Morgan fingerprint density at radius 3 is 3.00 bits per heavy atom. The lowest BCUT2D eigenvalue weighted by Crippen LogP contribution is -2.30. The van der Waals surface area contributed by atoms with E-state index in [9.17, 15) is 4.79 Å². The number of nitrogen functional groups attached to an aromatic ring is 1. The van der Waals surface area contributed by atoms with Gasteiger partial charge in [-0.15, -0.1) is 5.10 Å². The molecule has 0 atom stereocenters. The molecule has 0 saturated carbocycles. The molecule has 106 valence electrons. The van der Waals surface area contributed by atoms with Gasteiger partial charge in [0.1, 0.15) is 17.4 Å². The Kier molecular flexibility index (Phi) is 4.78. The van der Waals surface area contributed by atoms with Crippen LogP contribution in [0.1, 0.15) is 10.5 Å². The van der Waals surface area contributed by atoms with E-state index in [1.165, 1.54) is 10.9 Å². The fourth-order valence-electron chi connectivity index (χ4n) is 1.43. The zero-order chi connectivity index (χ0) is 14.5. The normalized spacial score (nSPS) is 10.3. The van der Waals surface area contributed by atoms with E-state index in [0.29, 0.717) is 28.9 Å². The number of hydrogen-bond donors (Lipinski definition) is 2. The summed E-state index contributed by atoms with van der Waals surface area (Å²) in [6, 6.07) is 5.12. The highest BCUT2D eigenvalue weighted by Gasteiger charge is 2.09. The molecule has 2 aromatic rings. The summed E-state index contributed by atoms with van der Waals surface area (Å²) >= 11 is 11.8. The molecular formula is C11H11Cl2N5O2. The van der Waals surface area contributed by atoms with E-state index in [1.807, 2.05) is 5.43 Å². The first-order chi connectivity index (χ1) is 9.61. The smallest absolute Gasteiger partial charge is 0.287 e. The molecule has 7 nitrogen and oxygen atoms in total. The summed E-state index contributed by atoms with van der Waals surface area (Å²) < 4.78 is 6.95. The second kappa shape index (κ2) is 6.56. The highest BCUT2D eigenvalue weighted by Crippen LogP contribution is 2.31. The summed E-state index contributed by atoms with van der Waals surface area (Å²) in [5.41, 5.74) is 2.10. The van der Waals surface area contributed by atoms with Crippen LogP contribution in [0.5, 0.6) is 5.75 Å². The Morgan fingerprint density at radius 1 is 1.45 bits per heavy atom. The van der Waals surface area contributed by atoms with Gasteiger partial charge in [0.05, 0.1) is 17.8 Å². The van der Waals surface area contributed by atoms with E-state index >= 15 is 0 Å². The van der Waals surface area contributed by atoms with Crippen LogP contribution in [-0.2, 0) is 6.54 Å². The van der Waals surface area contributed by atoms with Gasteiger partial charge in [-0.2, -0.15) is 0 Å². The highest BCUT2D eigenvalue weighted by molar-refractivity contribution is 6.42. The molecule has 1 amide bonds. The molecule has 20 heavy (non-hydrogen) atoms. The van der Waals surface area contributed by atoms with E-state index in [0.717, 1.165) is 0 Å². The number of ether oxygens (including phenoxy) is 1. The Hall–Kier alpha value is -1.83. The third kappa shape index (κ3) is 3.38. The molecule has 0 aliphatic heterocycles. The van der Waals surface area contributed by atoms with Crippen molar-refractivity contribution in [1.82, 2.24) is 20.4 Å². The molecule has 0 bridgehead atoms. The molecule has 0 spiro atoms. The van der Waals surface area contributed by atoms with Gasteiger partial charge in [-0.1, -0.05) is 34.5 Å². The number of rotatable bonds is 5. The minimum atomic E-state index is -0.505. The van der Waals surface area contributed by atoms with Crippen molar-refractivity contribution in [3.8, 4) is 5.75 Å². The standard InChI is InChI=1S/C11H11Cl2N5O2/c12-7-2-1-3-9(10(7)13)20-5-4-18-6-8(16-17-18)11(19)15-14/h1-3,6H,4-5,14H2,(H,15,19). The van der Waals surface area contributed by atoms with Gasteiger partial charge < -0.3 is 4.74 Å². The largest absolute Gasteiger partial charge is 0.490 e. The first-order valence-corrected chi connectivity index (χ1v) is 6.35. The van der Waals surface area contributed by atoms with Crippen molar-refractivity contribution in [2.45, 2.75) is 6.54 Å². The lowest BCUT2D eigenvalue weighted by Gasteiger charge is -2.08. The third-order valence-electron chi connectivity index (χ3n) is 2.40. The zero-order valence-corrected chi connectivity index (χ0v) is 11.7. The van der Waals surface area contributed by atoms with Crippen LogP contribution in [0.3, 0.4) is 0 Å². The van der Waals surface area contributed by atoms with E-state index in [2.05, 4.69) is 10.3 Å². The Morgan fingerprint density at radius 2 is 2.25 bits per heavy atom. The van der Waals surface area contributed by atoms with Crippen LogP contribution in [0, 0.1) is 0 Å². The Balaban J connectivity index is 1.91. The predicted octanol–water partition coefficient (Wildman–Crippen LogP) is 1.27. The molecule has 0 unspecified atom stereocenters. The van der Waals surface area contributed by atoms with Gasteiger partial charge in [0.15, 0.2) is 5.69 Å². The topological polar surface area (TPSA) is 95.1 Å². The van der Waals surface area contributed by atoms with Crippen molar-refractivity contribution in [1.29, 1.82) is 0 Å². The number of amides is 1. The van der Waals surface area contributed by atoms with Crippen LogP contribution >= 0.6 is 23.2 Å². The minimum absolute atomic E-state index is 0.133. The Labute approximate surface area is 124 Å². The van der Waals surface area contributed by atoms with Gasteiger partial charge in [0.25, 0.3) is 5.91 Å². The van der Waals surface area contributed by atoms with Crippen LogP contribution in [0.15, 0.2) is 24.4 Å². The number of carbonyl (C=O) groups is 1. The summed E-state index contributed by atoms with van der Waals surface area (Å²) in [4.78, 5) is 11.2. The Bertz CT molecular complexity index is 617. The fraction of sp³-hybridized carbons (Fsp3) is 0.182. The number of nitrogens with one attached hydrogen (secondary N) is 1. The van der Waals surface area contributed by atoms with Gasteiger partial charge in [-0.25, -0.2) is 10.5 Å². The summed E-state index contributed by atoms with van der Waals surface area (Å²) in [6.07, 6.45) is 1.46. The predicted molar refractivity (Wildman–Crippen MR) is 73.6 cm³/mol. The zero-order valence-electron chi connectivity index (χ0n) is 10.2. The number of halogens is 2. The van der Waals surface area contributed by atoms with Crippen molar-refractivity contribution >= 4 is 29.1 Å². The lowest BCUT2D eigenvalue weighted by molar-refractivity contribution is 0.0948. The maximum Gasteiger partial charge on any atom is 0.287 e. The molecular weight excluding hydrogens is 305 g/mol. The van der Waals surface area contributed by atoms with Crippen LogP contribution < -0.4 is 16.0 Å².